The molecule has 3 rings (SSSR count). The highest BCUT2D eigenvalue weighted by atomic mass is 32.2. The molecule has 0 aliphatic rings. The number of nitrogens with zero attached hydrogens (tertiary/aromatic N) is 3. The Morgan fingerprint density at radius 1 is 0.970 bits per heavy atom. The van der Waals surface area contributed by atoms with E-state index in [4.69, 9.17) is 18.9 Å². The quantitative estimate of drug-likeness (QED) is 0.344. The number of aliphatic carboxylic acids is 1. The number of benzene rings is 2. The fourth-order valence-electron chi connectivity index (χ4n) is 3.13. The van der Waals surface area contributed by atoms with Gasteiger partial charge in [0.1, 0.15) is 16.4 Å². The minimum atomic E-state index is -1.08. The fraction of sp³-hybridized carbons (Fsp3) is 0.261. The van der Waals surface area contributed by atoms with Gasteiger partial charge in [0.2, 0.25) is 0 Å². The van der Waals surface area contributed by atoms with Gasteiger partial charge in [-0.2, -0.15) is 0 Å². The molecular formula is C23H25N3O6S. The van der Waals surface area contributed by atoms with Crippen LogP contribution in [0.5, 0.6) is 23.0 Å². The molecule has 33 heavy (non-hydrogen) atoms. The molecule has 0 atom stereocenters. The molecule has 10 heteroatoms. The Bertz CT molecular complexity index is 1150. The lowest BCUT2D eigenvalue weighted by molar-refractivity contribution is -0.131. The normalized spacial score (nSPS) is 11.2. The summed E-state index contributed by atoms with van der Waals surface area (Å²) in [5, 5.41) is 18.8. The van der Waals surface area contributed by atoms with E-state index in [0.29, 0.717) is 46.1 Å². The number of methoxy groups -OCH3 is 4. The maximum Gasteiger partial charge on any atom is 0.342 e. The van der Waals surface area contributed by atoms with Gasteiger partial charge in [0.15, 0.2) is 22.5 Å². The summed E-state index contributed by atoms with van der Waals surface area (Å²) in [5.41, 5.74) is 1.39. The first kappa shape index (κ1) is 24.0. The summed E-state index contributed by atoms with van der Waals surface area (Å²) in [4.78, 5) is 12.1. The standard InChI is InChI=1S/C23H25N3O6S/c1-6-26-21(15-11-16(29-2)13-17(12-15)30-3)24-25-23(26)33-20(22(27)28)10-14-7-8-18(31-4)19(9-14)32-5/h7-13H,6H2,1-5H3,(H,27,28)/b20-10-. The average Bonchev–Trinajstić information content (AvgIpc) is 3.25. The third kappa shape index (κ3) is 5.40. The number of hydrogen-bond acceptors (Lipinski definition) is 8. The molecule has 1 heterocycles. The average molecular weight is 472 g/mol. The van der Waals surface area contributed by atoms with Crippen LogP contribution in [0.1, 0.15) is 12.5 Å². The molecule has 0 amide bonds. The van der Waals surface area contributed by atoms with Crippen molar-refractivity contribution >= 4 is 23.8 Å². The molecule has 0 aliphatic heterocycles. The summed E-state index contributed by atoms with van der Waals surface area (Å²) in [5.74, 6) is 1.79. The second-order valence-electron chi connectivity index (χ2n) is 6.68. The maximum atomic E-state index is 12.0. The fourth-order valence-corrected chi connectivity index (χ4v) is 4.01. The Morgan fingerprint density at radius 3 is 2.18 bits per heavy atom. The lowest BCUT2D eigenvalue weighted by atomic mass is 10.2. The zero-order valence-corrected chi connectivity index (χ0v) is 19.8. The number of carboxylic acid groups (broad SMARTS) is 1. The first-order valence-electron chi connectivity index (χ1n) is 9.95. The Hall–Kier alpha value is -3.66. The highest BCUT2D eigenvalue weighted by Gasteiger charge is 2.19. The second-order valence-corrected chi connectivity index (χ2v) is 7.69. The summed E-state index contributed by atoms with van der Waals surface area (Å²) >= 11 is 1.02. The van der Waals surface area contributed by atoms with Crippen molar-refractivity contribution in [3.05, 3.63) is 46.9 Å². The molecule has 0 radical (unpaired) electrons. The zero-order valence-electron chi connectivity index (χ0n) is 19.0. The molecule has 1 N–H and O–H groups in total. The van der Waals surface area contributed by atoms with Crippen LogP contribution < -0.4 is 18.9 Å². The Balaban J connectivity index is 1.99. The predicted molar refractivity (Wildman–Crippen MR) is 125 cm³/mol. The molecule has 9 nitrogen and oxygen atoms in total. The molecule has 3 aromatic rings. The van der Waals surface area contributed by atoms with Crippen LogP contribution in [-0.2, 0) is 11.3 Å². The zero-order chi connectivity index (χ0) is 24.0. The van der Waals surface area contributed by atoms with Crippen LogP contribution >= 0.6 is 11.8 Å². The van der Waals surface area contributed by atoms with Crippen LogP contribution in [-0.4, -0.2) is 54.3 Å². The molecule has 2 aromatic carbocycles. The van der Waals surface area contributed by atoms with Crippen LogP contribution in [0.25, 0.3) is 17.5 Å². The van der Waals surface area contributed by atoms with Gasteiger partial charge in [0.25, 0.3) is 0 Å². The molecule has 174 valence electrons. The van der Waals surface area contributed by atoms with Crippen molar-refractivity contribution in [1.29, 1.82) is 0 Å². The van der Waals surface area contributed by atoms with Gasteiger partial charge < -0.3 is 28.6 Å². The number of ether oxygens (including phenoxy) is 4. The Kier molecular flexibility index (Phi) is 7.83. The van der Waals surface area contributed by atoms with E-state index in [2.05, 4.69) is 10.2 Å². The van der Waals surface area contributed by atoms with Crippen molar-refractivity contribution in [2.24, 2.45) is 0 Å². The van der Waals surface area contributed by atoms with E-state index in [-0.39, 0.29) is 4.91 Å². The summed E-state index contributed by atoms with van der Waals surface area (Å²) in [6, 6.07) is 10.6. The van der Waals surface area contributed by atoms with Gasteiger partial charge in [-0.1, -0.05) is 6.07 Å². The van der Waals surface area contributed by atoms with Crippen molar-refractivity contribution < 1.29 is 28.8 Å². The van der Waals surface area contributed by atoms with Gasteiger partial charge in [0, 0.05) is 18.2 Å². The maximum absolute atomic E-state index is 12.0. The second kappa shape index (κ2) is 10.8. The van der Waals surface area contributed by atoms with Crippen molar-refractivity contribution in [1.82, 2.24) is 14.8 Å². The topological polar surface area (TPSA) is 105 Å². The Morgan fingerprint density at radius 2 is 1.64 bits per heavy atom. The van der Waals surface area contributed by atoms with Crippen LogP contribution in [0.4, 0.5) is 0 Å². The van der Waals surface area contributed by atoms with Crippen molar-refractivity contribution in [3.63, 3.8) is 0 Å². The van der Waals surface area contributed by atoms with Gasteiger partial charge in [-0.25, -0.2) is 4.79 Å². The first-order valence-corrected chi connectivity index (χ1v) is 10.8. The van der Waals surface area contributed by atoms with E-state index in [1.54, 1.807) is 51.7 Å². The lowest BCUT2D eigenvalue weighted by Gasteiger charge is -2.11. The van der Waals surface area contributed by atoms with E-state index in [9.17, 15) is 9.90 Å². The minimum Gasteiger partial charge on any atom is -0.497 e. The third-order valence-electron chi connectivity index (χ3n) is 4.76. The lowest BCUT2D eigenvalue weighted by Crippen LogP contribution is -2.03. The predicted octanol–water partition coefficient (Wildman–Crippen LogP) is 4.22. The number of carboxylic acids is 1. The minimum absolute atomic E-state index is 0.0825. The summed E-state index contributed by atoms with van der Waals surface area (Å²) in [7, 11) is 6.21. The third-order valence-corrected chi connectivity index (χ3v) is 5.76. The molecule has 0 unspecified atom stereocenters. The van der Waals surface area contributed by atoms with Crippen LogP contribution in [0.3, 0.4) is 0 Å². The summed E-state index contributed by atoms with van der Waals surface area (Å²) in [6.45, 7) is 2.47. The van der Waals surface area contributed by atoms with Gasteiger partial charge in [-0.3, -0.25) is 0 Å². The summed E-state index contributed by atoms with van der Waals surface area (Å²) in [6.07, 6.45) is 1.55. The first-order chi connectivity index (χ1) is 15.9. The number of aromatic nitrogens is 3. The van der Waals surface area contributed by atoms with Crippen LogP contribution in [0.2, 0.25) is 0 Å². The largest absolute Gasteiger partial charge is 0.497 e. The van der Waals surface area contributed by atoms with Gasteiger partial charge in [-0.15, -0.1) is 10.2 Å². The molecule has 1 aromatic heterocycles. The van der Waals surface area contributed by atoms with E-state index in [1.165, 1.54) is 7.11 Å². The molecule has 0 saturated carbocycles. The molecule has 0 fully saturated rings. The summed E-state index contributed by atoms with van der Waals surface area (Å²) < 4.78 is 23.1. The molecule has 0 bridgehead atoms. The van der Waals surface area contributed by atoms with Crippen molar-refractivity contribution in [2.75, 3.05) is 28.4 Å². The number of thioether (sulfide) groups is 1. The van der Waals surface area contributed by atoms with Crippen LogP contribution in [0.15, 0.2) is 46.5 Å². The van der Waals surface area contributed by atoms with E-state index in [1.807, 2.05) is 23.6 Å². The van der Waals surface area contributed by atoms with E-state index >= 15 is 0 Å². The van der Waals surface area contributed by atoms with Crippen LogP contribution in [0, 0.1) is 0 Å². The van der Waals surface area contributed by atoms with E-state index in [0.717, 1.165) is 17.3 Å². The Labute approximate surface area is 196 Å². The van der Waals surface area contributed by atoms with Gasteiger partial charge in [0.05, 0.1) is 28.4 Å². The number of carbonyl (C=O) groups is 1. The highest BCUT2D eigenvalue weighted by molar-refractivity contribution is 8.04. The number of rotatable bonds is 10. The number of hydrogen-bond donors (Lipinski definition) is 1. The molecule has 0 spiro atoms. The van der Waals surface area contributed by atoms with Crippen molar-refractivity contribution in [3.8, 4) is 34.4 Å². The van der Waals surface area contributed by atoms with Gasteiger partial charge in [-0.05, 0) is 54.6 Å². The van der Waals surface area contributed by atoms with E-state index < -0.39 is 5.97 Å². The molecule has 0 saturated heterocycles. The monoisotopic (exact) mass is 471 g/mol. The smallest absolute Gasteiger partial charge is 0.342 e. The van der Waals surface area contributed by atoms with Crippen molar-refractivity contribution in [2.45, 2.75) is 18.6 Å². The highest BCUT2D eigenvalue weighted by Crippen LogP contribution is 2.34. The van der Waals surface area contributed by atoms with Gasteiger partial charge >= 0.3 is 5.97 Å². The SMILES string of the molecule is CCn1c(S/C(=C\c2ccc(OC)c(OC)c2)C(=O)O)nnc1-c1cc(OC)cc(OC)c1. The molecule has 0 aliphatic carbocycles. The molecular weight excluding hydrogens is 446 g/mol.